The Morgan fingerprint density at radius 1 is 0.780 bits per heavy atom. The van der Waals surface area contributed by atoms with Crippen LogP contribution >= 0.6 is 0 Å². The zero-order valence-corrected chi connectivity index (χ0v) is 24.7. The predicted octanol–water partition coefficient (Wildman–Crippen LogP) is 3.35. The fraction of sp³-hybridized carbons (Fsp3) is 0.500. The fourth-order valence-electron chi connectivity index (χ4n) is 4.30. The van der Waals surface area contributed by atoms with Crippen molar-refractivity contribution in [1.29, 1.82) is 0 Å². The van der Waals surface area contributed by atoms with Gasteiger partial charge in [-0.25, -0.2) is 4.79 Å². The topological polar surface area (TPSA) is 123 Å². The van der Waals surface area contributed by atoms with E-state index in [-0.39, 0.29) is 18.9 Å². The largest absolute Gasteiger partial charge is 0.467 e. The highest BCUT2D eigenvalue weighted by Crippen LogP contribution is 2.11. The minimum atomic E-state index is -0.921. The van der Waals surface area contributed by atoms with Gasteiger partial charge in [-0.15, -0.1) is 0 Å². The highest BCUT2D eigenvalue weighted by atomic mass is 16.5. The molecule has 0 aliphatic carbocycles. The summed E-state index contributed by atoms with van der Waals surface area (Å²) in [5, 5.41) is 8.38. The Balaban J connectivity index is 2.15. The van der Waals surface area contributed by atoms with Crippen LogP contribution in [-0.2, 0) is 41.5 Å². The quantitative estimate of drug-likeness (QED) is 0.188. The summed E-state index contributed by atoms with van der Waals surface area (Å²) in [6.45, 7) is 6.23. The number of carbonyl (C=O) groups excluding carboxylic acids is 4. The third-order valence-electron chi connectivity index (χ3n) is 6.52. The molecular weight excluding hydrogens is 522 g/mol. The Kier molecular flexibility index (Phi) is 15.2. The van der Waals surface area contributed by atoms with Gasteiger partial charge in [-0.05, 0) is 42.7 Å². The molecule has 0 unspecified atom stereocenters. The maximum absolute atomic E-state index is 13.5. The molecule has 0 fully saturated rings. The number of methoxy groups -OCH3 is 1. The number of aryl methyl sites for hydroxylation is 1. The predicted molar refractivity (Wildman–Crippen MR) is 158 cm³/mol. The molecule has 0 bridgehead atoms. The first-order chi connectivity index (χ1) is 19.7. The lowest BCUT2D eigenvalue weighted by atomic mass is 10.00. The van der Waals surface area contributed by atoms with Crippen LogP contribution in [0.2, 0.25) is 0 Å². The summed E-state index contributed by atoms with van der Waals surface area (Å²) in [5.41, 5.74) is 1.88. The number of nitrogens with one attached hydrogen (secondary N) is 3. The third kappa shape index (κ3) is 13.0. The van der Waals surface area contributed by atoms with Gasteiger partial charge in [0.2, 0.25) is 17.7 Å². The first kappa shape index (κ1) is 33.5. The van der Waals surface area contributed by atoms with Crippen LogP contribution in [0.15, 0.2) is 60.7 Å². The number of benzene rings is 2. The Bertz CT molecular complexity index is 1080. The van der Waals surface area contributed by atoms with Crippen molar-refractivity contribution in [3.63, 3.8) is 0 Å². The molecule has 0 aliphatic rings. The maximum Gasteiger partial charge on any atom is 0.328 e. The zero-order chi connectivity index (χ0) is 30.0. The lowest BCUT2D eigenvalue weighted by Gasteiger charge is -2.26. The monoisotopic (exact) mass is 567 g/mol. The van der Waals surface area contributed by atoms with E-state index >= 15 is 0 Å². The van der Waals surface area contributed by atoms with Crippen molar-refractivity contribution in [1.82, 2.24) is 16.0 Å². The van der Waals surface area contributed by atoms with Crippen LogP contribution in [-0.4, -0.2) is 62.1 Å². The van der Waals surface area contributed by atoms with Gasteiger partial charge in [0.25, 0.3) is 0 Å². The molecule has 0 spiro atoms. The van der Waals surface area contributed by atoms with Crippen LogP contribution in [0.3, 0.4) is 0 Å². The second-order valence-electron chi connectivity index (χ2n) is 10.5. The van der Waals surface area contributed by atoms with Crippen LogP contribution < -0.4 is 16.0 Å². The lowest BCUT2D eigenvalue weighted by Crippen LogP contribution is -2.56. The Labute approximate surface area is 243 Å². The van der Waals surface area contributed by atoms with Crippen molar-refractivity contribution < 1.29 is 28.7 Å². The summed E-state index contributed by atoms with van der Waals surface area (Å²) in [7, 11) is 1.27. The van der Waals surface area contributed by atoms with Crippen LogP contribution in [0.25, 0.3) is 0 Å². The van der Waals surface area contributed by atoms with Gasteiger partial charge < -0.3 is 25.4 Å². The molecule has 3 atom stereocenters. The SMILES string of the molecule is CCCCOCC(=O)N[C@@H](CCc1ccccc1)C(=O)N[C@@H](CC(C)C)C(=O)N[C@@H](Cc1ccccc1)C(=O)OC. The van der Waals surface area contributed by atoms with Gasteiger partial charge >= 0.3 is 5.97 Å². The summed E-state index contributed by atoms with van der Waals surface area (Å²) < 4.78 is 10.4. The summed E-state index contributed by atoms with van der Waals surface area (Å²) in [5.74, 6) is -1.86. The maximum atomic E-state index is 13.5. The second-order valence-corrected chi connectivity index (χ2v) is 10.5. The van der Waals surface area contributed by atoms with Crippen molar-refractivity contribution in [2.75, 3.05) is 20.3 Å². The van der Waals surface area contributed by atoms with Crippen LogP contribution in [0, 0.1) is 5.92 Å². The Morgan fingerprint density at radius 3 is 1.95 bits per heavy atom. The molecule has 2 aromatic rings. The highest BCUT2D eigenvalue weighted by molar-refractivity contribution is 5.93. The molecule has 0 saturated heterocycles. The smallest absolute Gasteiger partial charge is 0.328 e. The summed E-state index contributed by atoms with van der Waals surface area (Å²) in [6.07, 6.45) is 3.27. The molecule has 9 heteroatoms. The molecule has 2 aromatic carbocycles. The fourth-order valence-corrected chi connectivity index (χ4v) is 4.30. The Morgan fingerprint density at radius 2 is 1.37 bits per heavy atom. The number of ether oxygens (including phenoxy) is 2. The minimum absolute atomic E-state index is 0.0704. The van der Waals surface area contributed by atoms with E-state index in [1.54, 1.807) is 0 Å². The summed E-state index contributed by atoms with van der Waals surface area (Å²) in [6, 6.07) is 16.3. The molecule has 0 aromatic heterocycles. The number of hydrogen-bond acceptors (Lipinski definition) is 6. The van der Waals surface area contributed by atoms with Gasteiger partial charge in [-0.2, -0.15) is 0 Å². The molecule has 9 nitrogen and oxygen atoms in total. The summed E-state index contributed by atoms with van der Waals surface area (Å²) in [4.78, 5) is 52.0. The number of amides is 3. The average molecular weight is 568 g/mol. The first-order valence-corrected chi connectivity index (χ1v) is 14.4. The third-order valence-corrected chi connectivity index (χ3v) is 6.52. The highest BCUT2D eigenvalue weighted by Gasteiger charge is 2.30. The van der Waals surface area contributed by atoms with E-state index in [1.807, 2.05) is 81.4 Å². The van der Waals surface area contributed by atoms with Crippen molar-refractivity contribution in [3.8, 4) is 0 Å². The van der Waals surface area contributed by atoms with Crippen molar-refractivity contribution >= 4 is 23.7 Å². The lowest BCUT2D eigenvalue weighted by molar-refractivity contribution is -0.145. The number of carbonyl (C=O) groups is 4. The van der Waals surface area contributed by atoms with Crippen LogP contribution in [0.1, 0.15) is 57.6 Å². The second kappa shape index (κ2) is 18.6. The van der Waals surface area contributed by atoms with Crippen molar-refractivity contribution in [2.45, 2.75) is 77.4 Å². The standard InChI is InChI=1S/C32H45N3O6/c1-5-6-19-41-22-29(36)33-26(18-17-24-13-9-7-10-14-24)30(37)34-27(20-23(2)3)31(38)35-28(32(39)40-4)21-25-15-11-8-12-16-25/h7-16,23,26-28H,5-6,17-22H2,1-4H3,(H,33,36)(H,34,37)(H,35,38)/t26-,27-,28-/m0/s1. The van der Waals surface area contributed by atoms with Gasteiger partial charge in [0.15, 0.2) is 0 Å². The minimum Gasteiger partial charge on any atom is -0.467 e. The number of unbranched alkanes of at least 4 members (excludes halogenated alkanes) is 1. The zero-order valence-electron chi connectivity index (χ0n) is 24.7. The molecule has 224 valence electrons. The van der Waals surface area contributed by atoms with E-state index < -0.39 is 41.8 Å². The van der Waals surface area contributed by atoms with Crippen molar-refractivity contribution in [2.24, 2.45) is 5.92 Å². The molecule has 0 radical (unpaired) electrons. The molecule has 3 amide bonds. The van der Waals surface area contributed by atoms with Gasteiger partial charge in [0.1, 0.15) is 24.7 Å². The molecule has 41 heavy (non-hydrogen) atoms. The first-order valence-electron chi connectivity index (χ1n) is 14.4. The van der Waals surface area contributed by atoms with Gasteiger partial charge in [0, 0.05) is 13.0 Å². The molecule has 3 N–H and O–H groups in total. The molecular formula is C32H45N3O6. The van der Waals surface area contributed by atoms with E-state index in [1.165, 1.54) is 7.11 Å². The van der Waals surface area contributed by atoms with E-state index in [2.05, 4.69) is 16.0 Å². The van der Waals surface area contributed by atoms with Gasteiger partial charge in [-0.1, -0.05) is 87.9 Å². The number of esters is 1. The number of rotatable bonds is 18. The molecule has 0 aliphatic heterocycles. The van der Waals surface area contributed by atoms with E-state index in [4.69, 9.17) is 9.47 Å². The van der Waals surface area contributed by atoms with E-state index in [9.17, 15) is 19.2 Å². The normalized spacial score (nSPS) is 13.1. The average Bonchev–Trinajstić information content (AvgIpc) is 2.97. The van der Waals surface area contributed by atoms with Gasteiger partial charge in [0.05, 0.1) is 7.11 Å². The van der Waals surface area contributed by atoms with E-state index in [0.717, 1.165) is 24.0 Å². The molecule has 2 rings (SSSR count). The van der Waals surface area contributed by atoms with Gasteiger partial charge in [-0.3, -0.25) is 14.4 Å². The van der Waals surface area contributed by atoms with Crippen LogP contribution in [0.5, 0.6) is 0 Å². The Hall–Kier alpha value is -3.72. The summed E-state index contributed by atoms with van der Waals surface area (Å²) >= 11 is 0. The van der Waals surface area contributed by atoms with E-state index in [0.29, 0.717) is 25.9 Å². The number of hydrogen-bond donors (Lipinski definition) is 3. The molecule has 0 saturated carbocycles. The van der Waals surface area contributed by atoms with Crippen LogP contribution in [0.4, 0.5) is 0 Å². The van der Waals surface area contributed by atoms with Crippen molar-refractivity contribution in [3.05, 3.63) is 71.8 Å². The molecule has 0 heterocycles.